The van der Waals surface area contributed by atoms with E-state index in [1.165, 1.54) is 7.05 Å². The van der Waals surface area contributed by atoms with Crippen molar-refractivity contribution in [3.8, 4) is 5.75 Å². The number of nitrogens with zero attached hydrogens (tertiary/aromatic N) is 1. The van der Waals surface area contributed by atoms with E-state index in [0.717, 1.165) is 11.1 Å². The number of urea groups is 1. The monoisotopic (exact) mass is 375 g/mol. The van der Waals surface area contributed by atoms with E-state index in [1.807, 2.05) is 35.2 Å². The zero-order chi connectivity index (χ0) is 19.1. The van der Waals surface area contributed by atoms with E-state index in [0.29, 0.717) is 17.3 Å². The van der Waals surface area contributed by atoms with Crippen molar-refractivity contribution in [1.29, 1.82) is 0 Å². The smallest absolute Gasteiger partial charge is 0.321 e. The maximum absolute atomic E-state index is 12.7. The highest BCUT2D eigenvalue weighted by molar-refractivity contribution is 6.30. The molecule has 0 aromatic heterocycles. The van der Waals surface area contributed by atoms with Gasteiger partial charge in [0.25, 0.3) is 0 Å². The molecule has 0 saturated heterocycles. The van der Waals surface area contributed by atoms with Crippen molar-refractivity contribution in [3.63, 3.8) is 0 Å². The molecular weight excluding hydrogens is 354 g/mol. The summed E-state index contributed by atoms with van der Waals surface area (Å²) < 4.78 is 5.38. The van der Waals surface area contributed by atoms with Gasteiger partial charge in [0.15, 0.2) is 0 Å². The lowest BCUT2D eigenvalue weighted by molar-refractivity contribution is -0.125. The molecule has 0 spiro atoms. The summed E-state index contributed by atoms with van der Waals surface area (Å²) in [5, 5.41) is 5.32. The first-order valence-corrected chi connectivity index (χ1v) is 8.44. The van der Waals surface area contributed by atoms with Crippen LogP contribution < -0.4 is 15.4 Å². The number of amides is 3. The molecule has 0 aliphatic carbocycles. The summed E-state index contributed by atoms with van der Waals surface area (Å²) in [4.78, 5) is 26.1. The number of methoxy groups -OCH3 is 1. The largest absolute Gasteiger partial charge is 0.496 e. The quantitative estimate of drug-likeness (QED) is 0.814. The summed E-state index contributed by atoms with van der Waals surface area (Å²) in [5.41, 5.74) is 1.62. The standard InChI is InChI=1S/C19H22ClN3O3/c1-21-19(25)22-18(24)17(13-7-5-4-6-8-13)23(2)12-14-11-15(20)9-10-16(14)26-3/h4-11,17H,12H2,1-3H3,(H2,21,22,24,25)/t17-/m1/s1. The molecular formula is C19H22ClN3O3. The van der Waals surface area contributed by atoms with Crippen molar-refractivity contribution in [3.05, 3.63) is 64.7 Å². The molecule has 2 aromatic carbocycles. The molecule has 0 radical (unpaired) electrons. The Morgan fingerprint density at radius 2 is 1.88 bits per heavy atom. The van der Waals surface area contributed by atoms with Gasteiger partial charge in [-0.25, -0.2) is 4.79 Å². The highest BCUT2D eigenvalue weighted by Gasteiger charge is 2.27. The molecule has 3 amide bonds. The van der Waals surface area contributed by atoms with Crippen LogP contribution in [-0.2, 0) is 11.3 Å². The van der Waals surface area contributed by atoms with Gasteiger partial charge in [0.2, 0.25) is 5.91 Å². The van der Waals surface area contributed by atoms with E-state index in [-0.39, 0.29) is 0 Å². The minimum absolute atomic E-state index is 0.407. The van der Waals surface area contributed by atoms with Crippen LogP contribution in [0.3, 0.4) is 0 Å². The Morgan fingerprint density at radius 1 is 1.19 bits per heavy atom. The van der Waals surface area contributed by atoms with Crippen LogP contribution >= 0.6 is 11.6 Å². The number of nitrogens with one attached hydrogen (secondary N) is 2. The molecule has 1 atom stereocenters. The fourth-order valence-electron chi connectivity index (χ4n) is 2.71. The molecule has 2 rings (SSSR count). The number of carbonyl (C=O) groups is 2. The van der Waals surface area contributed by atoms with Crippen molar-refractivity contribution in [2.75, 3.05) is 21.2 Å². The molecule has 2 aromatic rings. The van der Waals surface area contributed by atoms with Gasteiger partial charge in [-0.1, -0.05) is 41.9 Å². The van der Waals surface area contributed by atoms with Crippen molar-refractivity contribution in [2.24, 2.45) is 0 Å². The summed E-state index contributed by atoms with van der Waals surface area (Å²) in [6.07, 6.45) is 0. The first-order chi connectivity index (χ1) is 12.5. The maximum Gasteiger partial charge on any atom is 0.321 e. The first kappa shape index (κ1) is 19.8. The lowest BCUT2D eigenvalue weighted by Crippen LogP contribution is -2.44. The molecule has 26 heavy (non-hydrogen) atoms. The molecule has 0 fully saturated rings. The Morgan fingerprint density at radius 3 is 2.50 bits per heavy atom. The van der Waals surface area contributed by atoms with Crippen molar-refractivity contribution in [1.82, 2.24) is 15.5 Å². The van der Waals surface area contributed by atoms with Crippen LogP contribution in [0, 0.1) is 0 Å². The van der Waals surface area contributed by atoms with E-state index < -0.39 is 18.0 Å². The number of hydrogen-bond acceptors (Lipinski definition) is 4. The summed E-state index contributed by atoms with van der Waals surface area (Å²) in [7, 11) is 4.85. The van der Waals surface area contributed by atoms with Crippen LogP contribution in [-0.4, -0.2) is 38.0 Å². The van der Waals surface area contributed by atoms with Gasteiger partial charge in [-0.3, -0.25) is 15.0 Å². The van der Waals surface area contributed by atoms with Crippen LogP contribution in [0.4, 0.5) is 4.79 Å². The number of ether oxygens (including phenoxy) is 1. The Bertz CT molecular complexity index is 768. The fraction of sp³-hybridized carbons (Fsp3) is 0.263. The molecule has 6 nitrogen and oxygen atoms in total. The van der Waals surface area contributed by atoms with Crippen LogP contribution in [0.1, 0.15) is 17.2 Å². The van der Waals surface area contributed by atoms with E-state index >= 15 is 0 Å². The first-order valence-electron chi connectivity index (χ1n) is 8.06. The van der Waals surface area contributed by atoms with Gasteiger partial charge in [0, 0.05) is 24.2 Å². The zero-order valence-electron chi connectivity index (χ0n) is 15.0. The second-order valence-corrected chi connectivity index (χ2v) is 6.19. The van der Waals surface area contributed by atoms with Crippen LogP contribution in [0.2, 0.25) is 5.02 Å². The van der Waals surface area contributed by atoms with Gasteiger partial charge < -0.3 is 10.1 Å². The van der Waals surface area contributed by atoms with Gasteiger partial charge in [-0.2, -0.15) is 0 Å². The van der Waals surface area contributed by atoms with E-state index in [9.17, 15) is 9.59 Å². The number of imide groups is 1. The number of carbonyl (C=O) groups excluding carboxylic acids is 2. The van der Waals surface area contributed by atoms with E-state index in [4.69, 9.17) is 16.3 Å². The third kappa shape index (κ3) is 4.97. The molecule has 0 unspecified atom stereocenters. The normalized spacial score (nSPS) is 11.7. The third-order valence-corrected chi connectivity index (χ3v) is 4.17. The summed E-state index contributed by atoms with van der Waals surface area (Å²) in [6, 6.07) is 13.4. The molecule has 0 aliphatic rings. The lowest BCUT2D eigenvalue weighted by atomic mass is 10.0. The number of halogens is 1. The predicted molar refractivity (Wildman–Crippen MR) is 101 cm³/mol. The third-order valence-electron chi connectivity index (χ3n) is 3.93. The number of benzene rings is 2. The van der Waals surface area contributed by atoms with Gasteiger partial charge in [-0.05, 0) is 30.8 Å². The molecule has 0 heterocycles. The minimum Gasteiger partial charge on any atom is -0.496 e. The zero-order valence-corrected chi connectivity index (χ0v) is 15.7. The van der Waals surface area contributed by atoms with Gasteiger partial charge >= 0.3 is 6.03 Å². The minimum atomic E-state index is -0.655. The fourth-order valence-corrected chi connectivity index (χ4v) is 2.91. The highest BCUT2D eigenvalue weighted by Crippen LogP contribution is 2.27. The van der Waals surface area contributed by atoms with Gasteiger partial charge in [0.1, 0.15) is 11.8 Å². The Labute approximate surface area is 158 Å². The number of hydrogen-bond donors (Lipinski definition) is 2. The van der Waals surface area contributed by atoms with Crippen LogP contribution in [0.15, 0.2) is 48.5 Å². The number of likely N-dealkylation sites (N-methyl/N-ethyl adjacent to an activating group) is 1. The van der Waals surface area contributed by atoms with E-state index in [1.54, 1.807) is 32.4 Å². The summed E-state index contributed by atoms with van der Waals surface area (Å²) in [6.45, 7) is 0.407. The van der Waals surface area contributed by atoms with Crippen molar-refractivity contribution < 1.29 is 14.3 Å². The Hall–Kier alpha value is -2.57. The Balaban J connectivity index is 2.31. The highest BCUT2D eigenvalue weighted by atomic mass is 35.5. The summed E-state index contributed by atoms with van der Waals surface area (Å²) in [5.74, 6) is 0.263. The SMILES string of the molecule is CNC(=O)NC(=O)[C@@H](c1ccccc1)N(C)Cc1cc(Cl)ccc1OC. The Kier molecular flexibility index (Phi) is 7.00. The summed E-state index contributed by atoms with van der Waals surface area (Å²) >= 11 is 6.10. The maximum atomic E-state index is 12.7. The van der Waals surface area contributed by atoms with Crippen LogP contribution in [0.5, 0.6) is 5.75 Å². The molecule has 138 valence electrons. The molecule has 2 N–H and O–H groups in total. The second kappa shape index (κ2) is 9.22. The lowest BCUT2D eigenvalue weighted by Gasteiger charge is -2.28. The van der Waals surface area contributed by atoms with E-state index in [2.05, 4.69) is 10.6 Å². The van der Waals surface area contributed by atoms with Crippen molar-refractivity contribution in [2.45, 2.75) is 12.6 Å². The average molecular weight is 376 g/mol. The van der Waals surface area contributed by atoms with Gasteiger partial charge in [-0.15, -0.1) is 0 Å². The predicted octanol–water partition coefficient (Wildman–Crippen LogP) is 2.98. The molecule has 0 bridgehead atoms. The second-order valence-electron chi connectivity index (χ2n) is 5.75. The average Bonchev–Trinajstić information content (AvgIpc) is 2.62. The van der Waals surface area contributed by atoms with Crippen molar-refractivity contribution >= 4 is 23.5 Å². The van der Waals surface area contributed by atoms with Crippen LogP contribution in [0.25, 0.3) is 0 Å². The molecule has 0 aliphatic heterocycles. The topological polar surface area (TPSA) is 70.7 Å². The molecule has 0 saturated carbocycles. The van der Waals surface area contributed by atoms with Gasteiger partial charge in [0.05, 0.1) is 7.11 Å². The number of rotatable bonds is 6. The molecule has 7 heteroatoms.